The van der Waals surface area contributed by atoms with Crippen molar-refractivity contribution in [3.05, 3.63) is 53.1 Å². The maximum absolute atomic E-state index is 12.7. The zero-order chi connectivity index (χ0) is 20.7. The van der Waals surface area contributed by atoms with E-state index < -0.39 is 18.5 Å². The van der Waals surface area contributed by atoms with Crippen molar-refractivity contribution in [3.63, 3.8) is 0 Å². The van der Waals surface area contributed by atoms with E-state index >= 15 is 0 Å². The van der Waals surface area contributed by atoms with Crippen LogP contribution in [0.3, 0.4) is 0 Å². The molecule has 2 aromatic rings. The molecular weight excluding hydrogens is 360 g/mol. The van der Waals surface area contributed by atoms with Gasteiger partial charge in [-0.1, -0.05) is 6.07 Å². The fourth-order valence-corrected chi connectivity index (χ4v) is 2.76. The standard InChI is InChI=1S/C21H22N2O5/c1-14-9-15(2)11-16(10-14)23(8-4-7-22)20(25)13-28-21(26)18-6-5-17(27-3)12-19(18)24/h5-6,9-12,24H,4,8,13H2,1-3H3. The number of amides is 1. The number of hydrogen-bond donors (Lipinski definition) is 1. The molecule has 0 aliphatic heterocycles. The lowest BCUT2D eigenvalue weighted by Crippen LogP contribution is -2.35. The lowest BCUT2D eigenvalue weighted by Gasteiger charge is -2.22. The molecule has 7 heteroatoms. The minimum Gasteiger partial charge on any atom is -0.507 e. The second-order valence-corrected chi connectivity index (χ2v) is 6.26. The normalized spacial score (nSPS) is 10.1. The second-order valence-electron chi connectivity index (χ2n) is 6.26. The van der Waals surface area contributed by atoms with Crippen LogP contribution in [0, 0.1) is 25.2 Å². The molecule has 0 bridgehead atoms. The van der Waals surface area contributed by atoms with Gasteiger partial charge in [-0.2, -0.15) is 5.26 Å². The molecule has 0 spiro atoms. The Morgan fingerprint density at radius 3 is 2.39 bits per heavy atom. The molecule has 0 saturated carbocycles. The first kappa shape index (κ1) is 20.8. The predicted octanol–water partition coefficient (Wildman–Crippen LogP) is 3.12. The maximum Gasteiger partial charge on any atom is 0.342 e. The fourth-order valence-electron chi connectivity index (χ4n) is 2.76. The summed E-state index contributed by atoms with van der Waals surface area (Å²) in [7, 11) is 1.44. The highest BCUT2D eigenvalue weighted by Crippen LogP contribution is 2.24. The molecule has 0 aliphatic rings. The predicted molar refractivity (Wildman–Crippen MR) is 103 cm³/mol. The van der Waals surface area contributed by atoms with E-state index in [1.54, 1.807) is 0 Å². The quantitative estimate of drug-likeness (QED) is 0.739. The van der Waals surface area contributed by atoms with Gasteiger partial charge in [0, 0.05) is 18.3 Å². The monoisotopic (exact) mass is 382 g/mol. The summed E-state index contributed by atoms with van der Waals surface area (Å²) in [5, 5.41) is 18.8. The maximum atomic E-state index is 12.7. The topological polar surface area (TPSA) is 99.9 Å². The summed E-state index contributed by atoms with van der Waals surface area (Å²) in [4.78, 5) is 26.3. The largest absolute Gasteiger partial charge is 0.507 e. The molecule has 0 aromatic heterocycles. The molecule has 146 valence electrons. The molecule has 0 unspecified atom stereocenters. The van der Waals surface area contributed by atoms with Crippen LogP contribution >= 0.6 is 0 Å². The molecule has 0 radical (unpaired) electrons. The van der Waals surface area contributed by atoms with E-state index in [2.05, 4.69) is 0 Å². The first-order valence-corrected chi connectivity index (χ1v) is 8.65. The summed E-state index contributed by atoms with van der Waals surface area (Å²) in [5.74, 6) is -1.19. The van der Waals surface area contributed by atoms with Gasteiger partial charge in [-0.05, 0) is 49.2 Å². The number of phenols is 1. The third kappa shape index (κ3) is 5.24. The summed E-state index contributed by atoms with van der Waals surface area (Å²) in [5.41, 5.74) is 2.53. The van der Waals surface area contributed by atoms with Crippen molar-refractivity contribution < 1.29 is 24.2 Å². The number of methoxy groups -OCH3 is 1. The molecule has 1 N–H and O–H groups in total. The number of benzene rings is 2. The van der Waals surface area contributed by atoms with Crippen molar-refractivity contribution in [2.45, 2.75) is 20.3 Å². The third-order valence-corrected chi connectivity index (χ3v) is 4.02. The van der Waals surface area contributed by atoms with Gasteiger partial charge in [-0.3, -0.25) is 4.79 Å². The van der Waals surface area contributed by atoms with E-state index in [4.69, 9.17) is 14.7 Å². The average molecular weight is 382 g/mol. The zero-order valence-corrected chi connectivity index (χ0v) is 16.1. The molecule has 1 amide bonds. The van der Waals surface area contributed by atoms with Gasteiger partial charge in [-0.25, -0.2) is 4.79 Å². The van der Waals surface area contributed by atoms with E-state index in [1.165, 1.54) is 30.2 Å². The number of hydrogen-bond acceptors (Lipinski definition) is 6. The Kier molecular flexibility index (Phi) is 6.99. The third-order valence-electron chi connectivity index (χ3n) is 4.02. The Bertz CT molecular complexity index is 897. The molecule has 2 aromatic carbocycles. The van der Waals surface area contributed by atoms with Crippen LogP contribution in [0.25, 0.3) is 0 Å². The minimum absolute atomic E-state index is 0.0661. The van der Waals surface area contributed by atoms with Gasteiger partial charge in [0.15, 0.2) is 6.61 Å². The van der Waals surface area contributed by atoms with E-state index in [-0.39, 0.29) is 24.3 Å². The first-order valence-electron chi connectivity index (χ1n) is 8.65. The molecule has 0 fully saturated rings. The summed E-state index contributed by atoms with van der Waals surface area (Å²) in [6.07, 6.45) is 0.145. The van der Waals surface area contributed by atoms with Crippen LogP contribution in [0.15, 0.2) is 36.4 Å². The van der Waals surface area contributed by atoms with Crippen molar-refractivity contribution in [2.24, 2.45) is 0 Å². The van der Waals surface area contributed by atoms with Crippen LogP contribution in [0.2, 0.25) is 0 Å². The second kappa shape index (κ2) is 9.42. The highest BCUT2D eigenvalue weighted by atomic mass is 16.5. The number of nitrogens with zero attached hydrogens (tertiary/aromatic N) is 2. The number of nitriles is 1. The summed E-state index contributed by atoms with van der Waals surface area (Å²) >= 11 is 0. The number of phenolic OH excluding ortho intramolecular Hbond substituents is 1. The summed E-state index contributed by atoms with van der Waals surface area (Å²) in [6, 6.07) is 11.8. The minimum atomic E-state index is -0.825. The van der Waals surface area contributed by atoms with Crippen molar-refractivity contribution in [1.82, 2.24) is 0 Å². The molecule has 0 heterocycles. The van der Waals surface area contributed by atoms with Crippen molar-refractivity contribution in [2.75, 3.05) is 25.2 Å². The average Bonchev–Trinajstić information content (AvgIpc) is 2.65. The number of esters is 1. The van der Waals surface area contributed by atoms with Crippen LogP contribution in [0.1, 0.15) is 27.9 Å². The highest BCUT2D eigenvalue weighted by Gasteiger charge is 2.20. The smallest absolute Gasteiger partial charge is 0.342 e. The Hall–Kier alpha value is -3.53. The first-order chi connectivity index (χ1) is 13.3. The van der Waals surface area contributed by atoms with Crippen molar-refractivity contribution in [3.8, 4) is 17.6 Å². The van der Waals surface area contributed by atoms with Gasteiger partial charge >= 0.3 is 5.97 Å². The Balaban J connectivity index is 2.13. The number of carbonyl (C=O) groups excluding carboxylic acids is 2. The van der Waals surface area contributed by atoms with Gasteiger partial charge < -0.3 is 19.5 Å². The zero-order valence-electron chi connectivity index (χ0n) is 16.1. The summed E-state index contributed by atoms with van der Waals surface area (Å²) < 4.78 is 10.0. The van der Waals surface area contributed by atoms with Gasteiger partial charge in [0.1, 0.15) is 17.1 Å². The molecule has 28 heavy (non-hydrogen) atoms. The number of ether oxygens (including phenoxy) is 2. The lowest BCUT2D eigenvalue weighted by atomic mass is 10.1. The lowest BCUT2D eigenvalue weighted by molar-refractivity contribution is -0.121. The number of carbonyl (C=O) groups is 2. The number of anilines is 1. The van der Waals surface area contributed by atoms with E-state index in [9.17, 15) is 14.7 Å². The summed E-state index contributed by atoms with van der Waals surface area (Å²) in [6.45, 7) is 3.50. The van der Waals surface area contributed by atoms with Gasteiger partial charge in [0.05, 0.1) is 19.6 Å². The molecule has 0 saturated heterocycles. The van der Waals surface area contributed by atoms with Gasteiger partial charge in [-0.15, -0.1) is 0 Å². The SMILES string of the molecule is COc1ccc(C(=O)OCC(=O)N(CCC#N)c2cc(C)cc(C)c2)c(O)c1. The van der Waals surface area contributed by atoms with Gasteiger partial charge in [0.2, 0.25) is 0 Å². The van der Waals surface area contributed by atoms with E-state index in [0.29, 0.717) is 11.4 Å². The van der Waals surface area contributed by atoms with Crippen LogP contribution in [-0.2, 0) is 9.53 Å². The molecule has 2 rings (SSSR count). The van der Waals surface area contributed by atoms with Crippen LogP contribution in [-0.4, -0.2) is 37.2 Å². The molecule has 0 atom stereocenters. The van der Waals surface area contributed by atoms with Crippen molar-refractivity contribution in [1.29, 1.82) is 5.26 Å². The Morgan fingerprint density at radius 2 is 1.82 bits per heavy atom. The molecule has 0 aliphatic carbocycles. The van der Waals surface area contributed by atoms with Crippen molar-refractivity contribution >= 4 is 17.6 Å². The van der Waals surface area contributed by atoms with Crippen LogP contribution in [0.4, 0.5) is 5.69 Å². The number of rotatable bonds is 7. The Labute approximate surface area is 163 Å². The molecular formula is C21H22N2O5. The number of aromatic hydroxyl groups is 1. The highest BCUT2D eigenvalue weighted by molar-refractivity contribution is 5.98. The van der Waals surface area contributed by atoms with Gasteiger partial charge in [0.25, 0.3) is 5.91 Å². The Morgan fingerprint density at radius 1 is 1.14 bits per heavy atom. The number of aryl methyl sites for hydroxylation is 2. The fraction of sp³-hybridized carbons (Fsp3) is 0.286. The molecule has 7 nitrogen and oxygen atoms in total. The van der Waals surface area contributed by atoms with Crippen LogP contribution in [0.5, 0.6) is 11.5 Å². The van der Waals surface area contributed by atoms with E-state index in [1.807, 2.05) is 38.1 Å². The van der Waals surface area contributed by atoms with Crippen LogP contribution < -0.4 is 9.64 Å². The van der Waals surface area contributed by atoms with E-state index in [0.717, 1.165) is 11.1 Å².